The second-order valence-corrected chi connectivity index (χ2v) is 3.59. The second kappa shape index (κ2) is 6.19. The van der Waals surface area contributed by atoms with Gasteiger partial charge in [-0.2, -0.15) is 0 Å². The van der Waals surface area contributed by atoms with Crippen LogP contribution in [-0.4, -0.2) is 11.1 Å². The van der Waals surface area contributed by atoms with E-state index in [-0.39, 0.29) is 5.91 Å². The summed E-state index contributed by atoms with van der Waals surface area (Å²) in [6, 6.07) is 10.1. The lowest BCUT2D eigenvalue weighted by molar-refractivity contribution is -0.129. The molecule has 1 atom stereocenters. The monoisotopic (exact) mass is 207 g/mol. The number of carbonyl (C=O) groups is 1. The topological polar surface area (TPSA) is 49.3 Å². The van der Waals surface area contributed by atoms with Crippen LogP contribution in [0.15, 0.2) is 30.3 Å². The van der Waals surface area contributed by atoms with Gasteiger partial charge in [-0.25, -0.2) is 5.48 Å². The average molecular weight is 207 g/mol. The average Bonchev–Trinajstić information content (AvgIpc) is 2.31. The molecule has 3 nitrogen and oxygen atoms in total. The summed E-state index contributed by atoms with van der Waals surface area (Å²) in [4.78, 5) is 10.9. The fourth-order valence-corrected chi connectivity index (χ4v) is 1.69. The first-order valence-corrected chi connectivity index (χ1v) is 5.25. The van der Waals surface area contributed by atoms with E-state index in [1.165, 1.54) is 5.56 Å². The van der Waals surface area contributed by atoms with Crippen LogP contribution in [0.4, 0.5) is 0 Å². The van der Waals surface area contributed by atoms with Crippen molar-refractivity contribution in [3.63, 3.8) is 0 Å². The standard InChI is InChI=1S/C12H17NO2/c1-2-10(8-9-12(14)13-15)11-6-4-3-5-7-11/h3-7,10,15H,2,8-9H2,1H3,(H,13,14). The van der Waals surface area contributed by atoms with Gasteiger partial charge in [0.1, 0.15) is 0 Å². The number of nitrogens with one attached hydrogen (secondary N) is 1. The molecule has 1 aromatic rings. The van der Waals surface area contributed by atoms with Gasteiger partial charge in [-0.05, 0) is 24.3 Å². The quantitative estimate of drug-likeness (QED) is 0.575. The van der Waals surface area contributed by atoms with E-state index in [4.69, 9.17) is 5.21 Å². The SMILES string of the molecule is CCC(CCC(=O)NO)c1ccccc1. The van der Waals surface area contributed by atoms with E-state index < -0.39 is 0 Å². The molecule has 82 valence electrons. The molecule has 0 aliphatic heterocycles. The van der Waals surface area contributed by atoms with Gasteiger partial charge in [0.25, 0.3) is 0 Å². The minimum Gasteiger partial charge on any atom is -0.289 e. The lowest BCUT2D eigenvalue weighted by Gasteiger charge is -2.14. The molecule has 2 N–H and O–H groups in total. The van der Waals surface area contributed by atoms with Crippen molar-refractivity contribution in [3.05, 3.63) is 35.9 Å². The zero-order valence-electron chi connectivity index (χ0n) is 8.94. The Hall–Kier alpha value is -1.35. The Morgan fingerprint density at radius 1 is 1.40 bits per heavy atom. The number of hydrogen-bond donors (Lipinski definition) is 2. The van der Waals surface area contributed by atoms with Crippen molar-refractivity contribution < 1.29 is 10.0 Å². The molecular formula is C12H17NO2. The first-order valence-electron chi connectivity index (χ1n) is 5.25. The Morgan fingerprint density at radius 2 is 2.07 bits per heavy atom. The van der Waals surface area contributed by atoms with Crippen LogP contribution in [0.5, 0.6) is 0 Å². The third-order valence-corrected chi connectivity index (χ3v) is 2.61. The van der Waals surface area contributed by atoms with Crippen molar-refractivity contribution in [2.75, 3.05) is 0 Å². The normalized spacial score (nSPS) is 12.1. The first kappa shape index (κ1) is 11.7. The Morgan fingerprint density at radius 3 is 2.60 bits per heavy atom. The smallest absolute Gasteiger partial charge is 0.243 e. The molecule has 1 amide bonds. The highest BCUT2D eigenvalue weighted by Crippen LogP contribution is 2.24. The van der Waals surface area contributed by atoms with Crippen molar-refractivity contribution in [1.29, 1.82) is 0 Å². The van der Waals surface area contributed by atoms with Gasteiger partial charge in [0, 0.05) is 6.42 Å². The summed E-state index contributed by atoms with van der Waals surface area (Å²) < 4.78 is 0. The van der Waals surface area contributed by atoms with Crippen LogP contribution in [0.25, 0.3) is 0 Å². The minimum atomic E-state index is -0.315. The third kappa shape index (κ3) is 3.72. The maximum absolute atomic E-state index is 10.9. The first-order chi connectivity index (χ1) is 7.27. The van der Waals surface area contributed by atoms with Gasteiger partial charge in [-0.15, -0.1) is 0 Å². The molecule has 0 aliphatic carbocycles. The van der Waals surface area contributed by atoms with Gasteiger partial charge < -0.3 is 0 Å². The maximum atomic E-state index is 10.9. The van der Waals surface area contributed by atoms with Gasteiger partial charge in [-0.3, -0.25) is 10.0 Å². The molecule has 0 radical (unpaired) electrons. The predicted octanol–water partition coefficient (Wildman–Crippen LogP) is 2.47. The van der Waals surface area contributed by atoms with Crippen LogP contribution in [-0.2, 0) is 4.79 Å². The molecule has 0 saturated heterocycles. The molecule has 1 rings (SSSR count). The van der Waals surface area contributed by atoms with Crippen LogP contribution in [0.1, 0.15) is 37.7 Å². The van der Waals surface area contributed by atoms with Crippen LogP contribution in [0.2, 0.25) is 0 Å². The Labute approximate surface area is 90.1 Å². The van der Waals surface area contributed by atoms with Crippen LogP contribution < -0.4 is 5.48 Å². The Balaban J connectivity index is 2.53. The Bertz CT molecular complexity index is 298. The number of hydrogen-bond acceptors (Lipinski definition) is 2. The number of amides is 1. The number of rotatable bonds is 5. The number of carbonyl (C=O) groups excluding carboxylic acids is 1. The van der Waals surface area contributed by atoms with Crippen LogP contribution >= 0.6 is 0 Å². The van der Waals surface area contributed by atoms with E-state index in [1.807, 2.05) is 18.2 Å². The minimum absolute atomic E-state index is 0.315. The summed E-state index contributed by atoms with van der Waals surface area (Å²) in [6.07, 6.45) is 2.14. The largest absolute Gasteiger partial charge is 0.289 e. The molecule has 0 heterocycles. The van der Waals surface area contributed by atoms with E-state index in [1.54, 1.807) is 5.48 Å². The zero-order valence-corrected chi connectivity index (χ0v) is 8.94. The molecule has 3 heteroatoms. The summed E-state index contributed by atoms with van der Waals surface area (Å²) >= 11 is 0. The fraction of sp³-hybridized carbons (Fsp3) is 0.417. The van der Waals surface area contributed by atoms with Gasteiger partial charge >= 0.3 is 0 Å². The highest BCUT2D eigenvalue weighted by Gasteiger charge is 2.10. The predicted molar refractivity (Wildman–Crippen MR) is 58.6 cm³/mol. The molecule has 0 aromatic heterocycles. The van der Waals surface area contributed by atoms with E-state index in [0.717, 1.165) is 12.8 Å². The van der Waals surface area contributed by atoms with E-state index in [0.29, 0.717) is 12.3 Å². The highest BCUT2D eigenvalue weighted by molar-refractivity contribution is 5.74. The van der Waals surface area contributed by atoms with E-state index in [9.17, 15) is 4.79 Å². The summed E-state index contributed by atoms with van der Waals surface area (Å²) in [5, 5.41) is 8.39. The molecule has 0 aliphatic rings. The lowest BCUT2D eigenvalue weighted by atomic mass is 9.92. The van der Waals surface area contributed by atoms with Gasteiger partial charge in [0.2, 0.25) is 5.91 Å². The zero-order chi connectivity index (χ0) is 11.1. The summed E-state index contributed by atoms with van der Waals surface area (Å²) in [6.45, 7) is 2.11. The van der Waals surface area contributed by atoms with Gasteiger partial charge in [0.05, 0.1) is 0 Å². The number of hydroxylamine groups is 1. The molecule has 15 heavy (non-hydrogen) atoms. The molecule has 0 bridgehead atoms. The Kier molecular flexibility index (Phi) is 4.84. The highest BCUT2D eigenvalue weighted by atomic mass is 16.5. The van der Waals surface area contributed by atoms with Crippen molar-refractivity contribution in [3.8, 4) is 0 Å². The molecule has 0 saturated carbocycles. The lowest BCUT2D eigenvalue weighted by Crippen LogP contribution is -2.18. The molecule has 1 unspecified atom stereocenters. The van der Waals surface area contributed by atoms with Crippen LogP contribution in [0, 0.1) is 0 Å². The number of benzene rings is 1. The van der Waals surface area contributed by atoms with Gasteiger partial charge in [-0.1, -0.05) is 37.3 Å². The van der Waals surface area contributed by atoms with Crippen molar-refractivity contribution >= 4 is 5.91 Å². The fourth-order valence-electron chi connectivity index (χ4n) is 1.69. The van der Waals surface area contributed by atoms with E-state index in [2.05, 4.69) is 19.1 Å². The molecule has 0 spiro atoms. The van der Waals surface area contributed by atoms with Crippen molar-refractivity contribution in [2.45, 2.75) is 32.1 Å². The van der Waals surface area contributed by atoms with E-state index >= 15 is 0 Å². The maximum Gasteiger partial charge on any atom is 0.243 e. The van der Waals surface area contributed by atoms with Gasteiger partial charge in [0.15, 0.2) is 0 Å². The molecular weight excluding hydrogens is 190 g/mol. The molecule has 1 aromatic carbocycles. The summed E-state index contributed by atoms with van der Waals surface area (Å²) in [5.74, 6) is 0.0767. The van der Waals surface area contributed by atoms with Crippen molar-refractivity contribution in [1.82, 2.24) is 5.48 Å². The molecule has 0 fully saturated rings. The summed E-state index contributed by atoms with van der Waals surface area (Å²) in [7, 11) is 0. The van der Waals surface area contributed by atoms with Crippen molar-refractivity contribution in [2.24, 2.45) is 0 Å². The third-order valence-electron chi connectivity index (χ3n) is 2.61. The summed E-state index contributed by atoms with van der Waals surface area (Å²) in [5.41, 5.74) is 2.91. The van der Waals surface area contributed by atoms with Crippen LogP contribution in [0.3, 0.4) is 0 Å². The second-order valence-electron chi connectivity index (χ2n) is 3.59.